The summed E-state index contributed by atoms with van der Waals surface area (Å²) in [5.41, 5.74) is -0.513. The van der Waals surface area contributed by atoms with E-state index in [1.807, 2.05) is 0 Å². The normalized spacial score (nSPS) is 28.5. The maximum absolute atomic E-state index is 13.6. The molecule has 0 unspecified atom stereocenters. The van der Waals surface area contributed by atoms with E-state index in [-0.39, 0.29) is 17.4 Å². The van der Waals surface area contributed by atoms with Gasteiger partial charge in [0.25, 0.3) is 0 Å². The first-order chi connectivity index (χ1) is 15.7. The van der Waals surface area contributed by atoms with Crippen molar-refractivity contribution in [3.8, 4) is 0 Å². The van der Waals surface area contributed by atoms with E-state index in [4.69, 9.17) is 9.47 Å². The highest BCUT2D eigenvalue weighted by Crippen LogP contribution is 2.46. The summed E-state index contributed by atoms with van der Waals surface area (Å²) in [6, 6.07) is 0. The summed E-state index contributed by atoms with van der Waals surface area (Å²) in [5.74, 6) is 1.09. The van der Waals surface area contributed by atoms with Crippen LogP contribution in [-0.2, 0) is 9.47 Å². The molecule has 4 saturated carbocycles. The first kappa shape index (κ1) is 24.4. The van der Waals surface area contributed by atoms with Gasteiger partial charge in [0, 0.05) is 0 Å². The Kier molecular flexibility index (Phi) is 9.23. The topological polar surface area (TPSA) is 35.5 Å². The SMILES string of the molecule is O=C(OC1(C2CCCCC2)CCCCCCC1)OC1(C2CCCCC2)CCCCCCC1. The van der Waals surface area contributed by atoms with Crippen molar-refractivity contribution >= 4 is 6.16 Å². The minimum absolute atomic E-state index is 0.257. The second kappa shape index (κ2) is 12.1. The van der Waals surface area contributed by atoms with E-state index in [1.54, 1.807) is 0 Å². The van der Waals surface area contributed by atoms with Crippen molar-refractivity contribution in [2.24, 2.45) is 11.8 Å². The molecule has 0 saturated heterocycles. The van der Waals surface area contributed by atoms with Gasteiger partial charge in [0.1, 0.15) is 11.2 Å². The maximum atomic E-state index is 13.6. The Labute approximate surface area is 197 Å². The Morgan fingerprint density at radius 3 is 1.06 bits per heavy atom. The van der Waals surface area contributed by atoms with Gasteiger partial charge in [-0.25, -0.2) is 4.79 Å². The van der Waals surface area contributed by atoms with Crippen molar-refractivity contribution < 1.29 is 14.3 Å². The Morgan fingerprint density at radius 2 is 0.719 bits per heavy atom. The van der Waals surface area contributed by atoms with E-state index >= 15 is 0 Å². The van der Waals surface area contributed by atoms with Crippen LogP contribution >= 0.6 is 0 Å². The molecular weight excluding hydrogens is 396 g/mol. The van der Waals surface area contributed by atoms with Gasteiger partial charge in [-0.15, -0.1) is 0 Å². The summed E-state index contributed by atoms with van der Waals surface area (Å²) in [4.78, 5) is 13.6. The van der Waals surface area contributed by atoms with Crippen LogP contribution in [0.2, 0.25) is 0 Å². The van der Waals surface area contributed by atoms with Crippen molar-refractivity contribution in [2.75, 3.05) is 0 Å². The van der Waals surface area contributed by atoms with Crippen LogP contribution in [-0.4, -0.2) is 17.4 Å². The third-order valence-electron chi connectivity index (χ3n) is 9.67. The molecule has 3 nitrogen and oxygen atoms in total. The van der Waals surface area contributed by atoms with Crippen LogP contribution < -0.4 is 0 Å². The lowest BCUT2D eigenvalue weighted by atomic mass is 9.71. The zero-order valence-electron chi connectivity index (χ0n) is 20.9. The number of rotatable bonds is 4. The van der Waals surface area contributed by atoms with Crippen molar-refractivity contribution in [1.29, 1.82) is 0 Å². The Bertz CT molecular complexity index is 495. The summed E-state index contributed by atoms with van der Waals surface area (Å²) in [7, 11) is 0. The van der Waals surface area contributed by atoms with E-state index in [2.05, 4.69) is 0 Å². The Morgan fingerprint density at radius 1 is 0.438 bits per heavy atom. The van der Waals surface area contributed by atoms with Crippen LogP contribution in [0.15, 0.2) is 0 Å². The van der Waals surface area contributed by atoms with E-state index in [9.17, 15) is 4.79 Å². The fraction of sp³-hybridized carbons (Fsp3) is 0.966. The van der Waals surface area contributed by atoms with E-state index < -0.39 is 0 Å². The molecule has 3 heteroatoms. The van der Waals surface area contributed by atoms with E-state index in [1.165, 1.54) is 128 Å². The largest absolute Gasteiger partial charge is 0.509 e. The molecule has 0 atom stereocenters. The maximum Gasteiger partial charge on any atom is 0.509 e. The molecule has 0 heterocycles. The van der Waals surface area contributed by atoms with Crippen molar-refractivity contribution in [3.63, 3.8) is 0 Å². The molecule has 0 aromatic rings. The number of ether oxygens (including phenoxy) is 2. The molecule has 0 aromatic heterocycles. The summed E-state index contributed by atoms with van der Waals surface area (Å²) in [6.07, 6.45) is 29.5. The summed E-state index contributed by atoms with van der Waals surface area (Å²) in [6.45, 7) is 0. The highest BCUT2D eigenvalue weighted by atomic mass is 16.7. The lowest BCUT2D eigenvalue weighted by Gasteiger charge is -2.46. The van der Waals surface area contributed by atoms with Gasteiger partial charge in [0.2, 0.25) is 0 Å². The Hall–Kier alpha value is -0.730. The molecular formula is C29H50O3. The number of carbonyl (C=O) groups excluding carboxylic acids is 1. The van der Waals surface area contributed by atoms with Gasteiger partial charge in [0.15, 0.2) is 0 Å². The van der Waals surface area contributed by atoms with Gasteiger partial charge in [-0.3, -0.25) is 0 Å². The molecule has 0 radical (unpaired) electrons. The van der Waals surface area contributed by atoms with Gasteiger partial charge in [-0.2, -0.15) is 0 Å². The van der Waals surface area contributed by atoms with Crippen molar-refractivity contribution in [1.82, 2.24) is 0 Å². The average Bonchev–Trinajstić information content (AvgIpc) is 2.79. The quantitative estimate of drug-likeness (QED) is 0.404. The predicted molar refractivity (Wildman–Crippen MR) is 131 cm³/mol. The molecule has 4 aliphatic carbocycles. The lowest BCUT2D eigenvalue weighted by molar-refractivity contribution is -0.138. The zero-order chi connectivity index (χ0) is 22.1. The van der Waals surface area contributed by atoms with E-state index in [0.29, 0.717) is 11.8 Å². The first-order valence-electron chi connectivity index (χ1n) is 14.6. The zero-order valence-corrected chi connectivity index (χ0v) is 20.9. The third-order valence-corrected chi connectivity index (χ3v) is 9.67. The van der Waals surface area contributed by atoms with Gasteiger partial charge < -0.3 is 9.47 Å². The molecule has 4 rings (SSSR count). The van der Waals surface area contributed by atoms with Crippen LogP contribution in [0.5, 0.6) is 0 Å². The van der Waals surface area contributed by atoms with Crippen LogP contribution in [0.4, 0.5) is 4.79 Å². The van der Waals surface area contributed by atoms with Crippen LogP contribution in [0.1, 0.15) is 154 Å². The van der Waals surface area contributed by atoms with Gasteiger partial charge in [0.05, 0.1) is 0 Å². The lowest BCUT2D eigenvalue weighted by Crippen LogP contribution is -2.48. The fourth-order valence-electron chi connectivity index (χ4n) is 7.81. The van der Waals surface area contributed by atoms with Gasteiger partial charge in [-0.05, 0) is 88.9 Å². The molecule has 0 aliphatic heterocycles. The second-order valence-corrected chi connectivity index (χ2v) is 11.8. The molecule has 0 N–H and O–H groups in total. The van der Waals surface area contributed by atoms with Gasteiger partial charge >= 0.3 is 6.16 Å². The first-order valence-corrected chi connectivity index (χ1v) is 14.6. The molecule has 32 heavy (non-hydrogen) atoms. The third kappa shape index (κ3) is 6.23. The number of carbonyl (C=O) groups is 1. The smallest absolute Gasteiger partial charge is 0.427 e. The van der Waals surface area contributed by atoms with E-state index in [0.717, 1.165) is 25.7 Å². The standard InChI is InChI=1S/C29H50O3/c30-27(31-28(25-17-9-7-10-18-25)21-13-3-1-4-14-22-28)32-29(26-19-11-8-12-20-26)23-15-5-2-6-16-24-29/h25-26H,1-24H2. The molecule has 0 spiro atoms. The van der Waals surface area contributed by atoms with Crippen LogP contribution in [0, 0.1) is 11.8 Å². The molecule has 0 bridgehead atoms. The highest BCUT2D eigenvalue weighted by Gasteiger charge is 2.47. The summed E-state index contributed by atoms with van der Waals surface area (Å²) < 4.78 is 13.2. The number of hydrogen-bond acceptors (Lipinski definition) is 3. The van der Waals surface area contributed by atoms with Crippen LogP contribution in [0.3, 0.4) is 0 Å². The summed E-state index contributed by atoms with van der Waals surface area (Å²) in [5, 5.41) is 0. The van der Waals surface area contributed by atoms with Crippen molar-refractivity contribution in [2.45, 2.75) is 165 Å². The Balaban J connectivity index is 1.50. The predicted octanol–water partition coefficient (Wildman–Crippen LogP) is 9.27. The van der Waals surface area contributed by atoms with Gasteiger partial charge in [-0.1, -0.05) is 77.0 Å². The minimum atomic E-state index is -0.303. The minimum Gasteiger partial charge on any atom is -0.427 e. The van der Waals surface area contributed by atoms with Crippen molar-refractivity contribution in [3.05, 3.63) is 0 Å². The average molecular weight is 447 g/mol. The van der Waals surface area contributed by atoms with Crippen LogP contribution in [0.25, 0.3) is 0 Å². The molecule has 0 aromatic carbocycles. The second-order valence-electron chi connectivity index (χ2n) is 11.8. The monoisotopic (exact) mass is 446 g/mol. The highest BCUT2D eigenvalue weighted by molar-refractivity contribution is 5.61. The molecule has 4 aliphatic rings. The molecule has 4 fully saturated rings. The molecule has 184 valence electrons. The number of hydrogen-bond donors (Lipinski definition) is 0. The fourth-order valence-corrected chi connectivity index (χ4v) is 7.81. The summed E-state index contributed by atoms with van der Waals surface area (Å²) >= 11 is 0. The molecule has 0 amide bonds.